The van der Waals surface area contributed by atoms with Crippen LogP contribution in [-0.4, -0.2) is 43.1 Å². The number of hydrogen-bond donors (Lipinski definition) is 1. The summed E-state index contributed by atoms with van der Waals surface area (Å²) in [5.41, 5.74) is 0. The maximum absolute atomic E-state index is 12.4. The molecular formula is C14H21NO4S. The highest BCUT2D eigenvalue weighted by Crippen LogP contribution is 2.25. The summed E-state index contributed by atoms with van der Waals surface area (Å²) in [6.07, 6.45) is -0.541. The third-order valence-electron chi connectivity index (χ3n) is 3.37. The molecule has 2 atom stereocenters. The topological polar surface area (TPSA) is 66.8 Å². The Labute approximate surface area is 120 Å². The second-order valence-corrected chi connectivity index (χ2v) is 7.44. The van der Waals surface area contributed by atoms with Crippen molar-refractivity contribution in [1.29, 1.82) is 0 Å². The summed E-state index contributed by atoms with van der Waals surface area (Å²) in [5, 5.41) is 9.70. The average Bonchev–Trinajstić information content (AvgIpc) is 2.70. The summed E-state index contributed by atoms with van der Waals surface area (Å²) >= 11 is 0. The monoisotopic (exact) mass is 299 g/mol. The summed E-state index contributed by atoms with van der Waals surface area (Å²) in [4.78, 5) is 0.231. The first-order chi connectivity index (χ1) is 9.30. The number of rotatable bonds is 4. The van der Waals surface area contributed by atoms with Gasteiger partial charge in [0.05, 0.1) is 17.1 Å². The lowest BCUT2D eigenvalue weighted by molar-refractivity contribution is 0.153. The maximum atomic E-state index is 12.4. The summed E-state index contributed by atoms with van der Waals surface area (Å²) in [5.74, 6) is 0.613. The Balaban J connectivity index is 2.18. The lowest BCUT2D eigenvalue weighted by Gasteiger charge is -2.16. The van der Waals surface area contributed by atoms with Crippen molar-refractivity contribution < 1.29 is 18.3 Å². The Morgan fingerprint density at radius 2 is 1.85 bits per heavy atom. The molecule has 20 heavy (non-hydrogen) atoms. The van der Waals surface area contributed by atoms with Gasteiger partial charge in [0.25, 0.3) is 0 Å². The molecule has 6 heteroatoms. The van der Waals surface area contributed by atoms with E-state index in [9.17, 15) is 13.5 Å². The standard InChI is InChI=1S/C14H21NO4S/c1-10(2)19-12-4-6-13(7-5-12)20(17,18)15-8-11(3)14(16)9-15/h4-7,10-11,14,16H,8-9H2,1-3H3/t11-,14-/m0/s1. The van der Waals surface area contributed by atoms with Crippen LogP contribution in [0.1, 0.15) is 20.8 Å². The molecule has 0 aliphatic carbocycles. The number of aliphatic hydroxyl groups excluding tert-OH is 1. The Bertz CT molecular complexity index is 543. The van der Waals surface area contributed by atoms with E-state index in [1.165, 1.54) is 4.31 Å². The normalized spacial score (nSPS) is 24.2. The van der Waals surface area contributed by atoms with Crippen molar-refractivity contribution in [2.24, 2.45) is 5.92 Å². The van der Waals surface area contributed by atoms with Crippen molar-refractivity contribution in [1.82, 2.24) is 4.31 Å². The molecule has 112 valence electrons. The molecular weight excluding hydrogens is 278 g/mol. The van der Waals surface area contributed by atoms with Gasteiger partial charge in [-0.05, 0) is 44.0 Å². The number of ether oxygens (including phenoxy) is 1. The quantitative estimate of drug-likeness (QED) is 0.914. The van der Waals surface area contributed by atoms with E-state index < -0.39 is 16.1 Å². The molecule has 0 bridgehead atoms. The fourth-order valence-corrected chi connectivity index (χ4v) is 3.77. The Morgan fingerprint density at radius 1 is 1.25 bits per heavy atom. The highest BCUT2D eigenvalue weighted by molar-refractivity contribution is 7.89. The van der Waals surface area contributed by atoms with Crippen LogP contribution in [0, 0.1) is 5.92 Å². The zero-order valence-corrected chi connectivity index (χ0v) is 12.8. The van der Waals surface area contributed by atoms with E-state index in [0.717, 1.165) is 0 Å². The maximum Gasteiger partial charge on any atom is 0.243 e. The number of sulfonamides is 1. The molecule has 1 aromatic carbocycles. The van der Waals surface area contributed by atoms with Crippen molar-refractivity contribution in [2.45, 2.75) is 37.9 Å². The van der Waals surface area contributed by atoms with Gasteiger partial charge in [-0.1, -0.05) is 6.92 Å². The van der Waals surface area contributed by atoms with Gasteiger partial charge in [0.1, 0.15) is 5.75 Å². The largest absolute Gasteiger partial charge is 0.491 e. The minimum absolute atomic E-state index is 0.0340. The number of nitrogens with zero attached hydrogens (tertiary/aromatic N) is 1. The van der Waals surface area contributed by atoms with E-state index in [4.69, 9.17) is 4.74 Å². The molecule has 0 amide bonds. The first kappa shape index (κ1) is 15.3. The predicted octanol–water partition coefficient (Wildman–Crippen LogP) is 1.48. The summed E-state index contributed by atoms with van der Waals surface area (Å²) in [6, 6.07) is 6.40. The molecule has 1 N–H and O–H groups in total. The van der Waals surface area contributed by atoms with Crippen molar-refractivity contribution in [3.05, 3.63) is 24.3 Å². The third kappa shape index (κ3) is 3.13. The molecule has 1 fully saturated rings. The fourth-order valence-electron chi connectivity index (χ4n) is 2.21. The molecule has 0 aromatic heterocycles. The second kappa shape index (κ2) is 5.71. The molecule has 2 rings (SSSR count). The van der Waals surface area contributed by atoms with Gasteiger partial charge in [0.2, 0.25) is 10.0 Å². The van der Waals surface area contributed by atoms with E-state index in [2.05, 4.69) is 0 Å². The highest BCUT2D eigenvalue weighted by Gasteiger charge is 2.36. The molecule has 0 spiro atoms. The van der Waals surface area contributed by atoms with Crippen LogP contribution in [0.2, 0.25) is 0 Å². The van der Waals surface area contributed by atoms with Gasteiger partial charge >= 0.3 is 0 Å². The number of benzene rings is 1. The molecule has 5 nitrogen and oxygen atoms in total. The van der Waals surface area contributed by atoms with Crippen LogP contribution in [-0.2, 0) is 10.0 Å². The Kier molecular flexibility index (Phi) is 4.36. The van der Waals surface area contributed by atoms with Crippen LogP contribution in [0.3, 0.4) is 0 Å². The second-order valence-electron chi connectivity index (χ2n) is 5.50. The summed E-state index contributed by atoms with van der Waals surface area (Å²) in [7, 11) is -3.53. The lowest BCUT2D eigenvalue weighted by atomic mass is 10.1. The number of aliphatic hydroxyl groups is 1. The molecule has 1 saturated heterocycles. The summed E-state index contributed by atoms with van der Waals surface area (Å²) < 4.78 is 31.7. The van der Waals surface area contributed by atoms with Gasteiger partial charge in [-0.3, -0.25) is 0 Å². The van der Waals surface area contributed by atoms with E-state index in [-0.39, 0.29) is 23.5 Å². The molecule has 0 unspecified atom stereocenters. The van der Waals surface area contributed by atoms with Gasteiger partial charge in [0, 0.05) is 13.1 Å². The molecule has 0 radical (unpaired) electrons. The average molecular weight is 299 g/mol. The molecule has 1 aliphatic rings. The highest BCUT2D eigenvalue weighted by atomic mass is 32.2. The Hall–Kier alpha value is -1.11. The zero-order chi connectivity index (χ0) is 14.9. The van der Waals surface area contributed by atoms with Crippen LogP contribution >= 0.6 is 0 Å². The number of β-amino-alcohol motifs (C(OH)–C–C–N with tert-alkyl or cyclic N) is 1. The van der Waals surface area contributed by atoms with Crippen LogP contribution in [0.15, 0.2) is 29.2 Å². The molecule has 1 aliphatic heterocycles. The molecule has 1 heterocycles. The minimum atomic E-state index is -3.53. The fraction of sp³-hybridized carbons (Fsp3) is 0.571. The number of hydrogen-bond acceptors (Lipinski definition) is 4. The van der Waals surface area contributed by atoms with E-state index >= 15 is 0 Å². The van der Waals surface area contributed by atoms with Gasteiger partial charge < -0.3 is 9.84 Å². The van der Waals surface area contributed by atoms with Gasteiger partial charge in [0.15, 0.2) is 0 Å². The smallest absolute Gasteiger partial charge is 0.243 e. The van der Waals surface area contributed by atoms with Crippen molar-refractivity contribution in [3.63, 3.8) is 0 Å². The lowest BCUT2D eigenvalue weighted by Crippen LogP contribution is -2.29. The first-order valence-electron chi connectivity index (χ1n) is 6.75. The van der Waals surface area contributed by atoms with E-state index in [1.54, 1.807) is 24.3 Å². The van der Waals surface area contributed by atoms with Crippen LogP contribution in [0.5, 0.6) is 5.75 Å². The Morgan fingerprint density at radius 3 is 2.30 bits per heavy atom. The summed E-state index contributed by atoms with van der Waals surface area (Å²) in [6.45, 7) is 6.19. The van der Waals surface area contributed by atoms with Crippen molar-refractivity contribution in [2.75, 3.05) is 13.1 Å². The van der Waals surface area contributed by atoms with Gasteiger partial charge in [-0.2, -0.15) is 4.31 Å². The minimum Gasteiger partial charge on any atom is -0.491 e. The third-order valence-corrected chi connectivity index (χ3v) is 5.22. The molecule has 1 aromatic rings. The van der Waals surface area contributed by atoms with E-state index in [1.807, 2.05) is 20.8 Å². The van der Waals surface area contributed by atoms with Crippen LogP contribution in [0.4, 0.5) is 0 Å². The van der Waals surface area contributed by atoms with E-state index in [0.29, 0.717) is 12.3 Å². The predicted molar refractivity (Wildman–Crippen MR) is 76.1 cm³/mol. The van der Waals surface area contributed by atoms with Crippen LogP contribution < -0.4 is 4.74 Å². The SMILES string of the molecule is CC(C)Oc1ccc(S(=O)(=O)N2C[C@H](C)[C@@H](O)C2)cc1. The van der Waals surface area contributed by atoms with Crippen molar-refractivity contribution in [3.8, 4) is 5.75 Å². The zero-order valence-electron chi connectivity index (χ0n) is 12.0. The van der Waals surface area contributed by atoms with Gasteiger partial charge in [-0.15, -0.1) is 0 Å². The first-order valence-corrected chi connectivity index (χ1v) is 8.19. The van der Waals surface area contributed by atoms with Gasteiger partial charge in [-0.25, -0.2) is 8.42 Å². The van der Waals surface area contributed by atoms with Crippen LogP contribution in [0.25, 0.3) is 0 Å². The van der Waals surface area contributed by atoms with Crippen molar-refractivity contribution >= 4 is 10.0 Å². The molecule has 0 saturated carbocycles.